The first-order valence-corrected chi connectivity index (χ1v) is 7.97. The Hall–Kier alpha value is -2.69. The minimum absolute atomic E-state index is 0.0396. The number of aryl methyl sites for hydroxylation is 2. The average molecular weight is 326 g/mol. The van der Waals surface area contributed by atoms with Gasteiger partial charge in [-0.2, -0.15) is 0 Å². The van der Waals surface area contributed by atoms with E-state index in [1.807, 2.05) is 32.9 Å². The van der Waals surface area contributed by atoms with E-state index in [0.29, 0.717) is 11.1 Å². The second kappa shape index (κ2) is 7.25. The Morgan fingerprint density at radius 1 is 1.21 bits per heavy atom. The zero-order chi connectivity index (χ0) is 17.9. The maximum Gasteiger partial charge on any atom is 0.273 e. The van der Waals surface area contributed by atoms with Gasteiger partial charge in [0, 0.05) is 17.2 Å². The Morgan fingerprint density at radius 2 is 1.92 bits per heavy atom. The fraction of sp³-hybridized carbons (Fsp3) is 0.316. The number of carbonyl (C=O) groups excluding carboxylic acids is 1. The van der Waals surface area contributed by atoms with Gasteiger partial charge in [0.2, 0.25) is 0 Å². The van der Waals surface area contributed by atoms with Gasteiger partial charge < -0.3 is 5.32 Å². The molecule has 1 atom stereocenters. The summed E-state index contributed by atoms with van der Waals surface area (Å²) in [7, 11) is 0. The standard InChI is InChI=1S/C19H22N2O3/c1-5-17(15-10-9-12(2)11-13(15)3)20-19(22)16-7-6-8-18(14(16)4)21(23)24/h6-11,17H,5H2,1-4H3,(H,20,22)/t17-/m1/s1. The molecule has 0 radical (unpaired) electrons. The van der Waals surface area contributed by atoms with Crippen molar-refractivity contribution < 1.29 is 9.72 Å². The van der Waals surface area contributed by atoms with Crippen molar-refractivity contribution in [3.05, 3.63) is 74.3 Å². The van der Waals surface area contributed by atoms with Crippen molar-refractivity contribution in [3.8, 4) is 0 Å². The maximum absolute atomic E-state index is 12.6. The molecular weight excluding hydrogens is 304 g/mol. The first-order valence-electron chi connectivity index (χ1n) is 7.97. The van der Waals surface area contributed by atoms with Crippen LogP contribution < -0.4 is 5.32 Å². The van der Waals surface area contributed by atoms with E-state index in [2.05, 4.69) is 11.4 Å². The highest BCUT2D eigenvalue weighted by atomic mass is 16.6. The Kier molecular flexibility index (Phi) is 5.34. The second-order valence-corrected chi connectivity index (χ2v) is 6.00. The molecule has 0 fully saturated rings. The molecule has 0 aliphatic carbocycles. The lowest BCUT2D eigenvalue weighted by atomic mass is 9.97. The number of nitrogens with one attached hydrogen (secondary N) is 1. The summed E-state index contributed by atoms with van der Waals surface area (Å²) in [5.74, 6) is -0.289. The lowest BCUT2D eigenvalue weighted by Gasteiger charge is -2.20. The predicted molar refractivity (Wildman–Crippen MR) is 94.2 cm³/mol. The summed E-state index contributed by atoms with van der Waals surface area (Å²) in [6, 6.07) is 10.6. The predicted octanol–water partition coefficient (Wildman–Crippen LogP) is 4.40. The van der Waals surface area contributed by atoms with Crippen molar-refractivity contribution in [2.24, 2.45) is 0 Å². The molecule has 5 nitrogen and oxygen atoms in total. The molecule has 0 aliphatic rings. The van der Waals surface area contributed by atoms with Crippen LogP contribution in [0.15, 0.2) is 36.4 Å². The van der Waals surface area contributed by atoms with Crippen LogP contribution in [0.2, 0.25) is 0 Å². The SMILES string of the molecule is CC[C@@H](NC(=O)c1cccc([N+](=O)[O-])c1C)c1ccc(C)cc1C. The van der Waals surface area contributed by atoms with Crippen molar-refractivity contribution in [2.45, 2.75) is 40.2 Å². The zero-order valence-corrected chi connectivity index (χ0v) is 14.4. The highest BCUT2D eigenvalue weighted by molar-refractivity contribution is 5.96. The van der Waals surface area contributed by atoms with E-state index in [1.54, 1.807) is 13.0 Å². The summed E-state index contributed by atoms with van der Waals surface area (Å²) < 4.78 is 0. The summed E-state index contributed by atoms with van der Waals surface area (Å²) in [6.45, 7) is 7.66. The number of nitro groups is 1. The third-order valence-electron chi connectivity index (χ3n) is 4.26. The molecule has 24 heavy (non-hydrogen) atoms. The summed E-state index contributed by atoms with van der Waals surface area (Å²) in [4.78, 5) is 23.2. The molecule has 0 bridgehead atoms. The molecule has 5 heteroatoms. The van der Waals surface area contributed by atoms with Gasteiger partial charge in [0.15, 0.2) is 0 Å². The number of nitrogens with zero attached hydrogens (tertiary/aromatic N) is 1. The Morgan fingerprint density at radius 3 is 2.50 bits per heavy atom. The van der Waals surface area contributed by atoms with Crippen LogP contribution in [0.25, 0.3) is 0 Å². The van der Waals surface area contributed by atoms with Crippen LogP contribution in [0.1, 0.15) is 52.0 Å². The molecule has 2 aromatic carbocycles. The molecule has 126 valence electrons. The molecular formula is C19H22N2O3. The lowest BCUT2D eigenvalue weighted by Crippen LogP contribution is -2.29. The summed E-state index contributed by atoms with van der Waals surface area (Å²) in [5.41, 5.74) is 4.05. The minimum Gasteiger partial charge on any atom is -0.345 e. The van der Waals surface area contributed by atoms with Gasteiger partial charge in [-0.25, -0.2) is 0 Å². The van der Waals surface area contributed by atoms with E-state index in [-0.39, 0.29) is 17.6 Å². The van der Waals surface area contributed by atoms with Crippen LogP contribution in [-0.2, 0) is 0 Å². The molecule has 0 saturated heterocycles. The number of hydrogen-bond acceptors (Lipinski definition) is 3. The molecule has 0 unspecified atom stereocenters. The summed E-state index contributed by atoms with van der Waals surface area (Å²) >= 11 is 0. The quantitative estimate of drug-likeness (QED) is 0.654. The molecule has 0 aromatic heterocycles. The number of nitro benzene ring substituents is 1. The minimum atomic E-state index is -0.465. The number of carbonyl (C=O) groups is 1. The van der Waals surface area contributed by atoms with Crippen LogP contribution in [0.3, 0.4) is 0 Å². The van der Waals surface area contributed by atoms with Crippen molar-refractivity contribution >= 4 is 11.6 Å². The Balaban J connectivity index is 2.30. The van der Waals surface area contributed by atoms with Gasteiger partial charge in [0.1, 0.15) is 0 Å². The lowest BCUT2D eigenvalue weighted by molar-refractivity contribution is -0.385. The fourth-order valence-electron chi connectivity index (χ4n) is 2.92. The average Bonchev–Trinajstić information content (AvgIpc) is 2.52. The van der Waals surface area contributed by atoms with E-state index >= 15 is 0 Å². The largest absolute Gasteiger partial charge is 0.345 e. The monoisotopic (exact) mass is 326 g/mol. The molecule has 1 amide bonds. The Bertz CT molecular complexity index is 784. The van der Waals surface area contributed by atoms with Crippen LogP contribution >= 0.6 is 0 Å². The number of hydrogen-bond donors (Lipinski definition) is 1. The number of amides is 1. The normalized spacial score (nSPS) is 11.8. The topological polar surface area (TPSA) is 72.2 Å². The van der Waals surface area contributed by atoms with Gasteiger partial charge in [-0.1, -0.05) is 36.8 Å². The van der Waals surface area contributed by atoms with E-state index < -0.39 is 4.92 Å². The number of rotatable bonds is 5. The van der Waals surface area contributed by atoms with Gasteiger partial charge in [-0.05, 0) is 44.4 Å². The van der Waals surface area contributed by atoms with E-state index in [9.17, 15) is 14.9 Å². The smallest absolute Gasteiger partial charge is 0.273 e. The summed E-state index contributed by atoms with van der Waals surface area (Å²) in [6.07, 6.45) is 0.740. The molecule has 1 N–H and O–H groups in total. The van der Waals surface area contributed by atoms with E-state index in [1.165, 1.54) is 17.7 Å². The van der Waals surface area contributed by atoms with Gasteiger partial charge in [0.05, 0.1) is 11.0 Å². The van der Waals surface area contributed by atoms with Gasteiger partial charge in [-0.15, -0.1) is 0 Å². The van der Waals surface area contributed by atoms with Crippen molar-refractivity contribution in [2.75, 3.05) is 0 Å². The van der Waals surface area contributed by atoms with Crippen LogP contribution in [-0.4, -0.2) is 10.8 Å². The first-order chi connectivity index (χ1) is 11.3. The van der Waals surface area contributed by atoms with E-state index in [0.717, 1.165) is 17.5 Å². The molecule has 0 saturated carbocycles. The third kappa shape index (κ3) is 3.62. The molecule has 2 aromatic rings. The Labute approximate surface area is 141 Å². The molecule has 0 spiro atoms. The molecule has 0 aliphatic heterocycles. The third-order valence-corrected chi connectivity index (χ3v) is 4.26. The van der Waals surface area contributed by atoms with Crippen LogP contribution in [0.5, 0.6) is 0 Å². The van der Waals surface area contributed by atoms with Crippen molar-refractivity contribution in [1.29, 1.82) is 0 Å². The van der Waals surface area contributed by atoms with Crippen molar-refractivity contribution in [1.82, 2.24) is 5.32 Å². The first kappa shape index (κ1) is 17.7. The molecule has 2 rings (SSSR count). The zero-order valence-electron chi connectivity index (χ0n) is 14.4. The molecule has 0 heterocycles. The van der Waals surface area contributed by atoms with Gasteiger partial charge >= 0.3 is 0 Å². The van der Waals surface area contributed by atoms with Gasteiger partial charge in [0.25, 0.3) is 11.6 Å². The highest BCUT2D eigenvalue weighted by Gasteiger charge is 2.21. The van der Waals surface area contributed by atoms with Crippen LogP contribution in [0.4, 0.5) is 5.69 Å². The van der Waals surface area contributed by atoms with Crippen molar-refractivity contribution in [3.63, 3.8) is 0 Å². The summed E-state index contributed by atoms with van der Waals surface area (Å²) in [5, 5.41) is 14.1. The van der Waals surface area contributed by atoms with E-state index in [4.69, 9.17) is 0 Å². The van der Waals surface area contributed by atoms with Crippen LogP contribution in [0, 0.1) is 30.9 Å². The highest BCUT2D eigenvalue weighted by Crippen LogP contribution is 2.24. The number of benzene rings is 2. The second-order valence-electron chi connectivity index (χ2n) is 6.00. The fourth-order valence-corrected chi connectivity index (χ4v) is 2.92. The maximum atomic E-state index is 12.6. The van der Waals surface area contributed by atoms with Gasteiger partial charge in [-0.3, -0.25) is 14.9 Å².